The quantitative estimate of drug-likeness (QED) is 0.814. The van der Waals surface area contributed by atoms with Crippen molar-refractivity contribution in [1.82, 2.24) is 5.32 Å². The van der Waals surface area contributed by atoms with Crippen LogP contribution >= 0.6 is 11.3 Å². The van der Waals surface area contributed by atoms with Crippen LogP contribution in [-0.2, 0) is 11.3 Å². The van der Waals surface area contributed by atoms with Crippen LogP contribution < -0.4 is 5.32 Å². The standard InChI is InChI=1S/C12H19NO3S/c1-8(6-14)9(2)13-12(15)11-10(7-16-3)4-5-17-11/h4-5,8-9,14H,6-7H2,1-3H3,(H,13,15). The molecule has 0 fully saturated rings. The molecular weight excluding hydrogens is 238 g/mol. The SMILES string of the molecule is COCc1ccsc1C(=O)NC(C)C(C)CO. The first-order valence-electron chi connectivity index (χ1n) is 5.57. The summed E-state index contributed by atoms with van der Waals surface area (Å²) < 4.78 is 5.04. The highest BCUT2D eigenvalue weighted by molar-refractivity contribution is 7.12. The van der Waals surface area contributed by atoms with E-state index >= 15 is 0 Å². The maximum Gasteiger partial charge on any atom is 0.261 e. The second-order valence-electron chi connectivity index (χ2n) is 4.13. The zero-order chi connectivity index (χ0) is 12.8. The highest BCUT2D eigenvalue weighted by atomic mass is 32.1. The molecule has 96 valence electrons. The second-order valence-corrected chi connectivity index (χ2v) is 5.05. The fourth-order valence-electron chi connectivity index (χ4n) is 1.38. The summed E-state index contributed by atoms with van der Waals surface area (Å²) >= 11 is 1.40. The van der Waals surface area contributed by atoms with Crippen molar-refractivity contribution in [3.63, 3.8) is 0 Å². The van der Waals surface area contributed by atoms with Gasteiger partial charge in [-0.25, -0.2) is 0 Å². The highest BCUT2D eigenvalue weighted by Crippen LogP contribution is 2.18. The Morgan fingerprint density at radius 2 is 2.29 bits per heavy atom. The molecule has 0 spiro atoms. The van der Waals surface area contributed by atoms with Crippen molar-refractivity contribution in [3.8, 4) is 0 Å². The van der Waals surface area contributed by atoms with Crippen LogP contribution in [0.15, 0.2) is 11.4 Å². The third-order valence-corrected chi connectivity index (χ3v) is 3.71. The number of ether oxygens (including phenoxy) is 1. The van der Waals surface area contributed by atoms with Gasteiger partial charge >= 0.3 is 0 Å². The Kier molecular flexibility index (Phi) is 5.61. The fourth-order valence-corrected chi connectivity index (χ4v) is 2.19. The molecule has 2 atom stereocenters. The first-order chi connectivity index (χ1) is 8.10. The van der Waals surface area contributed by atoms with E-state index in [1.807, 2.05) is 25.3 Å². The summed E-state index contributed by atoms with van der Waals surface area (Å²) in [5, 5.41) is 13.8. The third kappa shape index (κ3) is 3.80. The number of carbonyl (C=O) groups excluding carboxylic acids is 1. The van der Waals surface area contributed by atoms with Crippen LogP contribution in [0.1, 0.15) is 29.1 Å². The monoisotopic (exact) mass is 257 g/mol. The Labute approximate surface area is 106 Å². The largest absolute Gasteiger partial charge is 0.396 e. The summed E-state index contributed by atoms with van der Waals surface area (Å²) in [6.45, 7) is 4.30. The topological polar surface area (TPSA) is 58.6 Å². The molecular formula is C12H19NO3S. The summed E-state index contributed by atoms with van der Waals surface area (Å²) in [5.74, 6) is -0.0513. The normalized spacial score (nSPS) is 14.4. The molecule has 5 heteroatoms. The molecule has 2 unspecified atom stereocenters. The van der Waals surface area contributed by atoms with E-state index in [4.69, 9.17) is 9.84 Å². The van der Waals surface area contributed by atoms with Crippen molar-refractivity contribution in [3.05, 3.63) is 21.9 Å². The van der Waals surface area contributed by atoms with Crippen molar-refractivity contribution < 1.29 is 14.6 Å². The zero-order valence-corrected chi connectivity index (χ0v) is 11.2. The number of rotatable bonds is 6. The fraction of sp³-hybridized carbons (Fsp3) is 0.583. The Morgan fingerprint density at radius 3 is 2.88 bits per heavy atom. The Hall–Kier alpha value is -0.910. The van der Waals surface area contributed by atoms with Gasteiger partial charge in [-0.1, -0.05) is 6.92 Å². The van der Waals surface area contributed by atoms with Gasteiger partial charge < -0.3 is 15.2 Å². The Morgan fingerprint density at radius 1 is 1.59 bits per heavy atom. The number of hydrogen-bond acceptors (Lipinski definition) is 4. The van der Waals surface area contributed by atoms with E-state index in [1.165, 1.54) is 11.3 Å². The van der Waals surface area contributed by atoms with E-state index in [-0.39, 0.29) is 24.5 Å². The van der Waals surface area contributed by atoms with Crippen molar-refractivity contribution in [1.29, 1.82) is 0 Å². The van der Waals surface area contributed by atoms with Crippen LogP contribution in [0.3, 0.4) is 0 Å². The van der Waals surface area contributed by atoms with Gasteiger partial charge in [0, 0.05) is 25.3 Å². The van der Waals surface area contributed by atoms with E-state index in [0.717, 1.165) is 5.56 Å². The summed E-state index contributed by atoms with van der Waals surface area (Å²) in [7, 11) is 1.61. The van der Waals surface area contributed by atoms with Gasteiger partial charge in [0.1, 0.15) is 0 Å². The van der Waals surface area contributed by atoms with Gasteiger partial charge in [-0.15, -0.1) is 11.3 Å². The van der Waals surface area contributed by atoms with Crippen LogP contribution in [0.25, 0.3) is 0 Å². The zero-order valence-electron chi connectivity index (χ0n) is 10.4. The molecule has 0 saturated carbocycles. The number of hydrogen-bond donors (Lipinski definition) is 2. The molecule has 0 radical (unpaired) electrons. The summed E-state index contributed by atoms with van der Waals surface area (Å²) in [5.41, 5.74) is 0.902. The molecule has 17 heavy (non-hydrogen) atoms. The van der Waals surface area contributed by atoms with Gasteiger partial charge in [-0.3, -0.25) is 4.79 Å². The van der Waals surface area contributed by atoms with Crippen LogP contribution in [-0.4, -0.2) is 30.8 Å². The first-order valence-corrected chi connectivity index (χ1v) is 6.45. The van der Waals surface area contributed by atoms with Gasteiger partial charge in [-0.2, -0.15) is 0 Å². The molecule has 0 aliphatic rings. The number of methoxy groups -OCH3 is 1. The average molecular weight is 257 g/mol. The van der Waals surface area contributed by atoms with Crippen LogP contribution in [0.5, 0.6) is 0 Å². The number of amides is 1. The summed E-state index contributed by atoms with van der Waals surface area (Å²) in [6.07, 6.45) is 0. The molecule has 1 amide bonds. The molecule has 1 rings (SSSR count). The van der Waals surface area contributed by atoms with Crippen molar-refractivity contribution in [2.75, 3.05) is 13.7 Å². The van der Waals surface area contributed by atoms with Gasteiger partial charge in [0.2, 0.25) is 0 Å². The average Bonchev–Trinajstić information content (AvgIpc) is 2.76. The summed E-state index contributed by atoms with van der Waals surface area (Å²) in [4.78, 5) is 12.7. The van der Waals surface area contributed by atoms with Gasteiger partial charge in [0.05, 0.1) is 11.5 Å². The lowest BCUT2D eigenvalue weighted by molar-refractivity contribution is 0.0916. The van der Waals surface area contributed by atoms with Gasteiger partial charge in [-0.05, 0) is 24.3 Å². The highest BCUT2D eigenvalue weighted by Gasteiger charge is 2.18. The van der Waals surface area contributed by atoms with E-state index in [9.17, 15) is 4.79 Å². The molecule has 4 nitrogen and oxygen atoms in total. The maximum absolute atomic E-state index is 12.0. The van der Waals surface area contributed by atoms with Crippen molar-refractivity contribution in [2.24, 2.45) is 5.92 Å². The Balaban J connectivity index is 2.66. The number of aliphatic hydroxyl groups is 1. The van der Waals surface area contributed by atoms with E-state index in [0.29, 0.717) is 11.5 Å². The molecule has 0 bridgehead atoms. The molecule has 0 aliphatic heterocycles. The Bertz CT molecular complexity index is 364. The molecule has 2 N–H and O–H groups in total. The number of nitrogens with one attached hydrogen (secondary N) is 1. The maximum atomic E-state index is 12.0. The second kappa shape index (κ2) is 6.74. The van der Waals surface area contributed by atoms with Gasteiger partial charge in [0.25, 0.3) is 5.91 Å². The number of thiophene rings is 1. The van der Waals surface area contributed by atoms with Crippen molar-refractivity contribution >= 4 is 17.2 Å². The number of carbonyl (C=O) groups is 1. The number of aliphatic hydroxyl groups excluding tert-OH is 1. The predicted octanol–water partition coefficient (Wildman–Crippen LogP) is 1.64. The van der Waals surface area contributed by atoms with Crippen LogP contribution in [0, 0.1) is 5.92 Å². The van der Waals surface area contributed by atoms with Gasteiger partial charge in [0.15, 0.2) is 0 Å². The van der Waals surface area contributed by atoms with E-state index in [2.05, 4.69) is 5.32 Å². The lowest BCUT2D eigenvalue weighted by Gasteiger charge is -2.19. The minimum absolute atomic E-state index is 0.0461. The van der Waals surface area contributed by atoms with Crippen LogP contribution in [0.4, 0.5) is 0 Å². The smallest absolute Gasteiger partial charge is 0.261 e. The third-order valence-electron chi connectivity index (χ3n) is 2.75. The lowest BCUT2D eigenvalue weighted by Crippen LogP contribution is -2.38. The molecule has 1 aromatic heterocycles. The van der Waals surface area contributed by atoms with E-state index in [1.54, 1.807) is 7.11 Å². The first kappa shape index (κ1) is 14.2. The lowest BCUT2D eigenvalue weighted by atomic mass is 10.1. The molecule has 0 aliphatic carbocycles. The molecule has 1 aromatic rings. The van der Waals surface area contributed by atoms with Crippen molar-refractivity contribution in [2.45, 2.75) is 26.5 Å². The predicted molar refractivity (Wildman–Crippen MR) is 68.2 cm³/mol. The molecule has 0 saturated heterocycles. The minimum atomic E-state index is -0.0974. The summed E-state index contributed by atoms with van der Waals surface area (Å²) in [6, 6.07) is 1.84. The minimum Gasteiger partial charge on any atom is -0.396 e. The molecule has 0 aromatic carbocycles. The van der Waals surface area contributed by atoms with Crippen LogP contribution in [0.2, 0.25) is 0 Å². The molecule has 1 heterocycles. The van der Waals surface area contributed by atoms with E-state index < -0.39 is 0 Å².